The summed E-state index contributed by atoms with van der Waals surface area (Å²) < 4.78 is 0. The summed E-state index contributed by atoms with van der Waals surface area (Å²) in [7, 11) is 0. The minimum absolute atomic E-state index is 0. The van der Waals surface area contributed by atoms with Crippen LogP contribution in [0.4, 0.5) is 0 Å². The maximum atomic E-state index is 4.65. The van der Waals surface area contributed by atoms with Crippen LogP contribution in [-0.2, 0) is 25.3 Å². The van der Waals surface area contributed by atoms with Crippen LogP contribution in [0.25, 0.3) is 0 Å². The second kappa shape index (κ2) is 52.8. The van der Waals surface area contributed by atoms with Gasteiger partial charge in [-0.3, -0.25) is 0 Å². The molecule has 17 heavy (non-hydrogen) atoms. The van der Waals surface area contributed by atoms with Crippen LogP contribution in [0.2, 0.25) is 0 Å². The number of hydrogen-bond donors (Lipinski definition) is 0. The largest absolute Gasteiger partial charge is 2.00 e. The molecule has 0 rings (SSSR count). The van der Waals surface area contributed by atoms with Crippen LogP contribution in [0.5, 0.6) is 0 Å². The van der Waals surface area contributed by atoms with Crippen molar-refractivity contribution in [1.29, 1.82) is 0 Å². The molecule has 0 amide bonds. The van der Waals surface area contributed by atoms with Crippen molar-refractivity contribution in [3.05, 3.63) is 13.8 Å². The normalized spacial score (nSPS) is 7.06. The van der Waals surface area contributed by atoms with E-state index >= 15 is 0 Å². The molecule has 0 aliphatic heterocycles. The van der Waals surface area contributed by atoms with Gasteiger partial charge in [-0.2, -0.15) is 11.5 Å². The van der Waals surface area contributed by atoms with Crippen molar-refractivity contribution in [2.75, 3.05) is 11.5 Å². The van der Waals surface area contributed by atoms with Gasteiger partial charge in [0.2, 0.25) is 0 Å². The maximum Gasteiger partial charge on any atom is 2.00 e. The Bertz CT molecular complexity index is 50.2. The summed E-state index contributed by atoms with van der Waals surface area (Å²) in [4.78, 5) is 0. The second-order valence-corrected chi connectivity index (χ2v) is 3.93. The van der Waals surface area contributed by atoms with Crippen LogP contribution in [-0.4, -0.2) is 35.4 Å². The maximum absolute atomic E-state index is 4.65. The molecular formula is C14H32S2Sn. The van der Waals surface area contributed by atoms with E-state index in [0.717, 1.165) is 24.3 Å². The van der Waals surface area contributed by atoms with Gasteiger partial charge in [-0.1, -0.05) is 80.1 Å². The van der Waals surface area contributed by atoms with Gasteiger partial charge in [0.15, 0.2) is 0 Å². The monoisotopic (exact) mass is 384 g/mol. The molecule has 0 bridgehead atoms. The smallest absolute Gasteiger partial charge is 0.793 e. The first-order chi connectivity index (χ1) is 7.66. The van der Waals surface area contributed by atoms with E-state index in [4.69, 9.17) is 0 Å². The van der Waals surface area contributed by atoms with Crippen molar-refractivity contribution < 1.29 is 0 Å². The summed E-state index contributed by atoms with van der Waals surface area (Å²) >= 11 is 9.30. The molecule has 4 radical (unpaired) electrons. The molecule has 0 nitrogen and oxygen atoms in total. The van der Waals surface area contributed by atoms with E-state index in [-0.39, 0.29) is 23.9 Å². The van der Waals surface area contributed by atoms with Gasteiger partial charge in [0.05, 0.1) is 0 Å². The number of rotatable bonds is 4. The molecule has 0 atom stereocenters. The fourth-order valence-corrected chi connectivity index (χ4v) is 0.866. The van der Waals surface area contributed by atoms with Crippen molar-refractivity contribution in [1.82, 2.24) is 0 Å². The fourth-order valence-electron chi connectivity index (χ4n) is 0.289. The average Bonchev–Trinajstić information content (AvgIpc) is 2.23. The van der Waals surface area contributed by atoms with Gasteiger partial charge in [-0.15, -0.1) is 0 Å². The van der Waals surface area contributed by atoms with E-state index in [0.29, 0.717) is 0 Å². The van der Waals surface area contributed by atoms with Crippen LogP contribution in [0.15, 0.2) is 0 Å². The molecule has 0 unspecified atom stereocenters. The summed E-state index contributed by atoms with van der Waals surface area (Å²) in [5, 5.41) is 0. The van der Waals surface area contributed by atoms with Gasteiger partial charge < -0.3 is 25.3 Å². The SMILES string of the molecule is CCCC[S-].CCCC[S-].[CH2]CC.[CH2]CC.[Sn+2]. The third-order valence-corrected chi connectivity index (χ3v) is 1.57. The van der Waals surface area contributed by atoms with Gasteiger partial charge in [0.1, 0.15) is 0 Å². The predicted molar refractivity (Wildman–Crippen MR) is 91.3 cm³/mol. The van der Waals surface area contributed by atoms with E-state index in [1.54, 1.807) is 0 Å². The molecule has 0 aromatic rings. The first kappa shape index (κ1) is 31.1. The Kier molecular flexibility index (Phi) is 96.5. The van der Waals surface area contributed by atoms with E-state index in [1.165, 1.54) is 25.7 Å². The van der Waals surface area contributed by atoms with E-state index < -0.39 is 0 Å². The molecule has 3 heteroatoms. The summed E-state index contributed by atoms with van der Waals surface area (Å²) in [6.45, 7) is 15.3. The van der Waals surface area contributed by atoms with Crippen molar-refractivity contribution in [3.63, 3.8) is 0 Å². The molecule has 0 saturated heterocycles. The van der Waals surface area contributed by atoms with Crippen molar-refractivity contribution in [2.24, 2.45) is 0 Å². The van der Waals surface area contributed by atoms with Crippen LogP contribution in [0, 0.1) is 13.8 Å². The van der Waals surface area contributed by atoms with Crippen molar-refractivity contribution >= 4 is 49.2 Å². The Morgan fingerprint density at radius 3 is 0.882 bits per heavy atom. The minimum Gasteiger partial charge on any atom is -0.793 e. The van der Waals surface area contributed by atoms with Crippen LogP contribution in [0.1, 0.15) is 66.2 Å². The molecule has 0 aliphatic carbocycles. The Morgan fingerprint density at radius 1 is 0.706 bits per heavy atom. The number of unbranched alkanes of at least 4 members (excludes halogenated alkanes) is 2. The molecule has 0 spiro atoms. The standard InChI is InChI=1S/2C4H10S.2C3H7.Sn/c2*1-2-3-4-5;2*1-3-2;/h2*5H,2-4H2,1H3;2*1,3H2,2H3;/q;;;;+2/p-2. The molecule has 0 heterocycles. The van der Waals surface area contributed by atoms with E-state index in [9.17, 15) is 0 Å². The fraction of sp³-hybridized carbons (Fsp3) is 0.857. The first-order valence-electron chi connectivity index (χ1n) is 6.41. The first-order valence-corrected chi connectivity index (χ1v) is 7.56. The summed E-state index contributed by atoms with van der Waals surface area (Å²) in [5.41, 5.74) is 0. The Hall–Kier alpha value is 1.50. The van der Waals surface area contributed by atoms with Crippen LogP contribution < -0.4 is 0 Å². The van der Waals surface area contributed by atoms with Gasteiger partial charge in [0.25, 0.3) is 0 Å². The molecule has 0 aromatic carbocycles. The zero-order valence-corrected chi connectivity index (χ0v) is 16.9. The quantitative estimate of drug-likeness (QED) is 0.508. The third kappa shape index (κ3) is 139. The average molecular weight is 383 g/mol. The van der Waals surface area contributed by atoms with E-state index in [2.05, 4.69) is 53.0 Å². The molecule has 104 valence electrons. The molecular weight excluding hydrogens is 351 g/mol. The van der Waals surface area contributed by atoms with Crippen molar-refractivity contribution in [2.45, 2.75) is 66.2 Å². The molecule has 0 aliphatic rings. The Morgan fingerprint density at radius 2 is 0.882 bits per heavy atom. The molecule has 0 aromatic heterocycles. The number of hydrogen-bond acceptors (Lipinski definition) is 2. The molecule has 0 fully saturated rings. The zero-order valence-electron chi connectivity index (χ0n) is 12.4. The second-order valence-electron chi connectivity index (χ2n) is 3.12. The Balaban J connectivity index is -0.0000000381. The minimum atomic E-state index is 0. The van der Waals surface area contributed by atoms with Gasteiger partial charge in [0, 0.05) is 0 Å². The van der Waals surface area contributed by atoms with Gasteiger partial charge in [-0.05, 0) is 0 Å². The summed E-state index contributed by atoms with van der Waals surface area (Å²) in [6, 6.07) is 0. The zero-order chi connectivity index (χ0) is 13.7. The van der Waals surface area contributed by atoms with Gasteiger partial charge >= 0.3 is 23.9 Å². The summed E-state index contributed by atoms with van der Waals surface area (Å²) in [6.07, 6.45) is 6.89. The van der Waals surface area contributed by atoms with Gasteiger partial charge in [-0.25, -0.2) is 0 Å². The Labute approximate surface area is 140 Å². The third-order valence-electron chi connectivity index (χ3n) is 0.996. The van der Waals surface area contributed by atoms with Crippen LogP contribution in [0.3, 0.4) is 0 Å². The molecule has 0 saturated carbocycles. The topological polar surface area (TPSA) is 0 Å². The van der Waals surface area contributed by atoms with Crippen LogP contribution >= 0.6 is 0 Å². The summed E-state index contributed by atoms with van der Waals surface area (Å²) in [5.74, 6) is 1.85. The van der Waals surface area contributed by atoms with E-state index in [1.807, 2.05) is 13.8 Å². The molecule has 0 N–H and O–H groups in total. The van der Waals surface area contributed by atoms with Crippen molar-refractivity contribution in [3.8, 4) is 0 Å². The predicted octanol–water partition coefficient (Wildman–Crippen LogP) is 4.75.